The topological polar surface area (TPSA) is 165 Å². The molecule has 6 aromatic rings. The average Bonchev–Trinajstić information content (AvgIpc) is 3.71. The van der Waals surface area contributed by atoms with Crippen LogP contribution in [0.1, 0.15) is 24.2 Å². The smallest absolute Gasteiger partial charge is 0.234 e. The van der Waals surface area contributed by atoms with Crippen LogP contribution in [0.3, 0.4) is 0 Å². The number of nitrogens with one attached hydrogen (secondary N) is 1. The van der Waals surface area contributed by atoms with Crippen molar-refractivity contribution >= 4 is 22.8 Å². The van der Waals surface area contributed by atoms with Crippen LogP contribution in [0.25, 0.3) is 34.1 Å². The van der Waals surface area contributed by atoms with Gasteiger partial charge in [-0.15, -0.1) is 10.2 Å². The summed E-state index contributed by atoms with van der Waals surface area (Å²) in [6.07, 6.45) is 8.48. The lowest BCUT2D eigenvalue weighted by Crippen LogP contribution is -2.38. The molecule has 3 N–H and O–H groups in total. The highest BCUT2D eigenvalue weighted by Crippen LogP contribution is 2.31. The van der Waals surface area contributed by atoms with Crippen molar-refractivity contribution < 1.29 is 0 Å². The number of likely N-dealkylation sites (tertiary alicyclic amines) is 1. The molecule has 13 nitrogen and oxygen atoms in total. The number of benzene rings is 1. The number of nitrogens with two attached hydrogens (primary N) is 1. The molecule has 1 aliphatic rings. The second kappa shape index (κ2) is 11.3. The number of piperidine rings is 1. The summed E-state index contributed by atoms with van der Waals surface area (Å²) in [5, 5.41) is 20.3. The Morgan fingerprint density at radius 3 is 2.49 bits per heavy atom. The molecule has 1 aromatic carbocycles. The zero-order valence-corrected chi connectivity index (χ0v) is 23.1. The fourth-order valence-electron chi connectivity index (χ4n) is 5.39. The summed E-state index contributed by atoms with van der Waals surface area (Å²) in [6, 6.07) is 20.2. The zero-order chi connectivity index (χ0) is 29.2. The van der Waals surface area contributed by atoms with Crippen LogP contribution < -0.4 is 11.1 Å². The van der Waals surface area contributed by atoms with Gasteiger partial charge in [-0.25, -0.2) is 24.9 Å². The summed E-state index contributed by atoms with van der Waals surface area (Å²) in [4.78, 5) is 24.8. The number of anilines is 2. The van der Waals surface area contributed by atoms with Crippen molar-refractivity contribution in [2.45, 2.75) is 25.4 Å². The van der Waals surface area contributed by atoms with Crippen LogP contribution >= 0.6 is 0 Å². The summed E-state index contributed by atoms with van der Waals surface area (Å²) in [5.74, 6) is 2.63. The maximum atomic E-state index is 9.05. The van der Waals surface area contributed by atoms with Crippen molar-refractivity contribution in [1.82, 2.24) is 49.2 Å². The third-order valence-corrected chi connectivity index (χ3v) is 7.55. The number of rotatable bonds is 7. The minimum absolute atomic E-state index is 0.178. The lowest BCUT2D eigenvalue weighted by atomic mass is 10.0. The molecule has 1 saturated heterocycles. The van der Waals surface area contributed by atoms with Gasteiger partial charge >= 0.3 is 0 Å². The van der Waals surface area contributed by atoms with E-state index in [1.807, 2.05) is 34.9 Å². The van der Waals surface area contributed by atoms with Crippen molar-refractivity contribution in [1.29, 1.82) is 5.26 Å². The van der Waals surface area contributed by atoms with E-state index in [-0.39, 0.29) is 5.82 Å². The van der Waals surface area contributed by atoms with Gasteiger partial charge in [-0.2, -0.15) is 5.26 Å². The first kappa shape index (κ1) is 26.2. The molecule has 1 aliphatic heterocycles. The molecule has 6 heterocycles. The van der Waals surface area contributed by atoms with Gasteiger partial charge in [0.1, 0.15) is 41.7 Å². The number of nitrogens with zero attached hydrogens (tertiary/aromatic N) is 11. The van der Waals surface area contributed by atoms with Gasteiger partial charge in [-0.3, -0.25) is 14.0 Å². The first-order valence-corrected chi connectivity index (χ1v) is 13.9. The number of aromatic nitrogens is 9. The molecule has 0 spiro atoms. The number of hydrogen-bond donors (Lipinski definition) is 2. The highest BCUT2D eigenvalue weighted by atomic mass is 15.3. The molecule has 0 bridgehead atoms. The number of pyridine rings is 2. The summed E-state index contributed by atoms with van der Waals surface area (Å²) in [7, 11) is 0. The Kier molecular flexibility index (Phi) is 6.86. The van der Waals surface area contributed by atoms with Crippen molar-refractivity contribution in [3.63, 3.8) is 0 Å². The van der Waals surface area contributed by atoms with E-state index < -0.39 is 0 Å². The maximum Gasteiger partial charge on any atom is 0.234 e. The lowest BCUT2D eigenvalue weighted by molar-refractivity contribution is 0.211. The Hall–Kier alpha value is -5.74. The van der Waals surface area contributed by atoms with Crippen LogP contribution in [0.5, 0.6) is 0 Å². The van der Waals surface area contributed by atoms with E-state index in [4.69, 9.17) is 21.0 Å². The lowest BCUT2D eigenvalue weighted by Gasteiger charge is -2.32. The Labute approximate surface area is 246 Å². The van der Waals surface area contributed by atoms with Crippen molar-refractivity contribution in [2.24, 2.45) is 0 Å². The number of fused-ring (bicyclic) bond motifs is 1. The molecule has 0 atom stereocenters. The van der Waals surface area contributed by atoms with Crippen LogP contribution in [-0.2, 0) is 6.54 Å². The molecule has 0 radical (unpaired) electrons. The number of imidazole rings is 1. The molecule has 13 heteroatoms. The number of hydrogen-bond acceptors (Lipinski definition) is 11. The average molecular weight is 570 g/mol. The molecule has 7 rings (SSSR count). The third-order valence-electron chi connectivity index (χ3n) is 7.55. The van der Waals surface area contributed by atoms with E-state index in [0.29, 0.717) is 35.0 Å². The van der Waals surface area contributed by atoms with Gasteiger partial charge in [-0.05, 0) is 60.9 Å². The van der Waals surface area contributed by atoms with E-state index in [9.17, 15) is 0 Å². The minimum atomic E-state index is 0.178. The molecular formula is C30H27N13. The van der Waals surface area contributed by atoms with Gasteiger partial charge < -0.3 is 11.1 Å². The minimum Gasteiger partial charge on any atom is -0.383 e. The summed E-state index contributed by atoms with van der Waals surface area (Å²) >= 11 is 0. The Balaban J connectivity index is 1.12. The van der Waals surface area contributed by atoms with Crippen LogP contribution in [0, 0.1) is 11.3 Å². The number of nitrogen functional groups attached to an aromatic ring is 1. The molecule has 43 heavy (non-hydrogen) atoms. The largest absolute Gasteiger partial charge is 0.383 e. The molecule has 5 aromatic heterocycles. The predicted octanol–water partition coefficient (Wildman–Crippen LogP) is 3.38. The summed E-state index contributed by atoms with van der Waals surface area (Å²) in [5.41, 5.74) is 10.6. The number of nitriles is 1. The van der Waals surface area contributed by atoms with Gasteiger partial charge in [0.15, 0.2) is 11.5 Å². The van der Waals surface area contributed by atoms with Crippen LogP contribution in [0.4, 0.5) is 11.6 Å². The first-order chi connectivity index (χ1) is 21.1. The van der Waals surface area contributed by atoms with Gasteiger partial charge in [0, 0.05) is 43.8 Å². The van der Waals surface area contributed by atoms with E-state index in [0.717, 1.165) is 49.2 Å². The molecule has 212 valence electrons. The van der Waals surface area contributed by atoms with E-state index >= 15 is 0 Å². The second-order valence-corrected chi connectivity index (χ2v) is 10.3. The van der Waals surface area contributed by atoms with Crippen molar-refractivity contribution in [3.05, 3.63) is 91.0 Å². The van der Waals surface area contributed by atoms with Crippen LogP contribution in [-0.4, -0.2) is 68.3 Å². The zero-order valence-electron chi connectivity index (χ0n) is 23.1. The highest BCUT2D eigenvalue weighted by molar-refractivity contribution is 5.83. The Morgan fingerprint density at radius 1 is 0.907 bits per heavy atom. The fourth-order valence-corrected chi connectivity index (χ4v) is 5.39. The van der Waals surface area contributed by atoms with Gasteiger partial charge in [0.05, 0.1) is 5.56 Å². The van der Waals surface area contributed by atoms with E-state index in [2.05, 4.69) is 59.6 Å². The summed E-state index contributed by atoms with van der Waals surface area (Å²) in [6.45, 7) is 2.77. The molecule has 0 saturated carbocycles. The van der Waals surface area contributed by atoms with Crippen molar-refractivity contribution in [2.75, 3.05) is 24.1 Å². The van der Waals surface area contributed by atoms with Gasteiger partial charge in [0.25, 0.3) is 0 Å². The quantitative estimate of drug-likeness (QED) is 0.289. The molecule has 1 fully saturated rings. The molecule has 0 amide bonds. The van der Waals surface area contributed by atoms with Crippen LogP contribution in [0.2, 0.25) is 0 Å². The Bertz CT molecular complexity index is 1910. The third kappa shape index (κ3) is 5.34. The second-order valence-electron chi connectivity index (χ2n) is 10.3. The Morgan fingerprint density at radius 2 is 1.72 bits per heavy atom. The fraction of sp³-hybridized carbons (Fsp3) is 0.200. The maximum absolute atomic E-state index is 9.05. The van der Waals surface area contributed by atoms with E-state index in [1.165, 1.54) is 5.56 Å². The molecular weight excluding hydrogens is 542 g/mol. The van der Waals surface area contributed by atoms with Crippen molar-refractivity contribution in [3.8, 4) is 29.0 Å². The van der Waals surface area contributed by atoms with Gasteiger partial charge in [-0.1, -0.05) is 12.1 Å². The standard InChI is InChI=1S/C30H27N13/c31-16-26-33-13-9-25(39-26)37-21-10-14-41(15-11-21)17-20-3-5-22(6-4-20)43-29(23-2-1-12-34-28(23)32)38-24-7-8-27(40-30(24)43)42-18-35-36-19-42/h1-9,12-13,18-19,21H,10-11,14-15,17H2,(H2,32,34)(H,33,37,39). The normalized spacial score (nSPS) is 14.1. The van der Waals surface area contributed by atoms with Gasteiger partial charge in [0.2, 0.25) is 5.82 Å². The monoisotopic (exact) mass is 569 g/mol. The summed E-state index contributed by atoms with van der Waals surface area (Å²) < 4.78 is 3.77. The molecule has 0 unspecified atom stereocenters. The first-order valence-electron chi connectivity index (χ1n) is 13.9. The predicted molar refractivity (Wildman–Crippen MR) is 160 cm³/mol. The highest BCUT2D eigenvalue weighted by Gasteiger charge is 2.21. The SMILES string of the molecule is N#Cc1nccc(NC2CCN(Cc3ccc(-n4c(-c5cccnc5N)nc5ccc(-n6cnnc6)nc54)cc3)CC2)n1. The van der Waals surface area contributed by atoms with Crippen LogP contribution in [0.15, 0.2) is 79.6 Å². The van der Waals surface area contributed by atoms with E-state index in [1.54, 1.807) is 35.7 Å². The molecule has 0 aliphatic carbocycles.